The summed E-state index contributed by atoms with van der Waals surface area (Å²) >= 11 is 6.19. The minimum atomic E-state index is 0.514. The number of unbranched alkanes of at least 4 members (excludes halogenated alkanes) is 1. The number of benzene rings is 1. The van der Waals surface area contributed by atoms with E-state index in [9.17, 15) is 0 Å². The third kappa shape index (κ3) is 5.38. The maximum absolute atomic E-state index is 6.19. The molecule has 0 radical (unpaired) electrons. The summed E-state index contributed by atoms with van der Waals surface area (Å²) in [6.45, 7) is 6.91. The molecule has 0 heterocycles. The molecular weight excluding hydrogens is 230 g/mol. The van der Waals surface area contributed by atoms with Gasteiger partial charge in [0.1, 0.15) is 0 Å². The molecule has 1 nitrogen and oxygen atoms in total. The number of halogens is 1. The molecule has 0 aliphatic heterocycles. The lowest BCUT2D eigenvalue weighted by molar-refractivity contribution is 0.478. The van der Waals surface area contributed by atoms with Crippen LogP contribution in [0.25, 0.3) is 0 Å². The van der Waals surface area contributed by atoms with Crippen molar-refractivity contribution in [2.45, 2.75) is 38.6 Å². The second-order valence-electron chi connectivity index (χ2n) is 4.27. The summed E-state index contributed by atoms with van der Waals surface area (Å²) in [5.74, 6) is 0. The molecule has 1 aromatic rings. The van der Waals surface area contributed by atoms with E-state index in [4.69, 9.17) is 11.6 Å². The summed E-state index contributed by atoms with van der Waals surface area (Å²) < 4.78 is 0. The molecule has 0 aliphatic rings. The molecular formula is C15H22ClN. The van der Waals surface area contributed by atoms with Crippen molar-refractivity contribution < 1.29 is 0 Å². The summed E-state index contributed by atoms with van der Waals surface area (Å²) in [5.41, 5.74) is 1.23. The molecule has 1 aromatic carbocycles. The fourth-order valence-corrected chi connectivity index (χ4v) is 2.22. The van der Waals surface area contributed by atoms with Crippen LogP contribution in [0, 0.1) is 0 Å². The first-order valence-electron chi connectivity index (χ1n) is 6.35. The molecule has 0 saturated heterocycles. The highest BCUT2D eigenvalue weighted by Crippen LogP contribution is 2.18. The smallest absolute Gasteiger partial charge is 0.0438 e. The monoisotopic (exact) mass is 251 g/mol. The Labute approximate surface area is 110 Å². The number of allylic oxidation sites excluding steroid dienone is 1. The molecule has 0 aromatic heterocycles. The van der Waals surface area contributed by atoms with Gasteiger partial charge >= 0.3 is 0 Å². The van der Waals surface area contributed by atoms with E-state index in [-0.39, 0.29) is 0 Å². The van der Waals surface area contributed by atoms with Gasteiger partial charge in [0.05, 0.1) is 0 Å². The minimum Gasteiger partial charge on any atom is -0.314 e. The molecule has 0 amide bonds. The molecule has 94 valence electrons. The highest BCUT2D eigenvalue weighted by molar-refractivity contribution is 6.31. The van der Waals surface area contributed by atoms with Crippen LogP contribution in [-0.2, 0) is 6.42 Å². The van der Waals surface area contributed by atoms with Crippen LogP contribution in [0.4, 0.5) is 0 Å². The van der Waals surface area contributed by atoms with E-state index < -0.39 is 0 Å². The quantitative estimate of drug-likeness (QED) is 0.539. The van der Waals surface area contributed by atoms with Gasteiger partial charge in [-0.25, -0.2) is 0 Å². The molecule has 17 heavy (non-hydrogen) atoms. The first kappa shape index (κ1) is 14.3. The van der Waals surface area contributed by atoms with Crippen LogP contribution >= 0.6 is 11.6 Å². The van der Waals surface area contributed by atoms with E-state index in [1.807, 2.05) is 24.3 Å². The Balaban J connectivity index is 2.53. The van der Waals surface area contributed by atoms with Crippen LogP contribution in [0.5, 0.6) is 0 Å². The zero-order valence-electron chi connectivity index (χ0n) is 10.6. The SMILES string of the molecule is C=CCCCC(Cc1ccccc1Cl)NCC. The van der Waals surface area contributed by atoms with Crippen LogP contribution in [0.3, 0.4) is 0 Å². The average Bonchev–Trinajstić information content (AvgIpc) is 2.32. The number of nitrogens with one attached hydrogen (secondary N) is 1. The van der Waals surface area contributed by atoms with Gasteiger partial charge in [-0.05, 0) is 43.9 Å². The number of hydrogen-bond donors (Lipinski definition) is 1. The molecule has 1 unspecified atom stereocenters. The first-order chi connectivity index (χ1) is 8.27. The van der Waals surface area contributed by atoms with Crippen LogP contribution < -0.4 is 5.32 Å². The summed E-state index contributed by atoms with van der Waals surface area (Å²) in [4.78, 5) is 0. The van der Waals surface area contributed by atoms with Crippen molar-refractivity contribution in [3.05, 3.63) is 47.5 Å². The predicted octanol–water partition coefficient (Wildman–Crippen LogP) is 4.22. The second kappa shape index (κ2) is 8.32. The van der Waals surface area contributed by atoms with Crippen molar-refractivity contribution in [1.82, 2.24) is 5.32 Å². The van der Waals surface area contributed by atoms with Gasteiger partial charge in [0.25, 0.3) is 0 Å². The van der Waals surface area contributed by atoms with Gasteiger partial charge < -0.3 is 5.32 Å². The Morgan fingerprint density at radius 1 is 1.41 bits per heavy atom. The van der Waals surface area contributed by atoms with Crippen molar-refractivity contribution in [3.8, 4) is 0 Å². The van der Waals surface area contributed by atoms with Crippen LogP contribution in [0.1, 0.15) is 31.7 Å². The molecule has 0 fully saturated rings. The van der Waals surface area contributed by atoms with E-state index in [0.717, 1.165) is 24.4 Å². The normalized spacial score (nSPS) is 12.4. The lowest BCUT2D eigenvalue weighted by atomic mass is 10.0. The Morgan fingerprint density at radius 3 is 2.82 bits per heavy atom. The molecule has 0 spiro atoms. The molecule has 0 bridgehead atoms. The van der Waals surface area contributed by atoms with Gasteiger partial charge in [0.15, 0.2) is 0 Å². The Kier molecular flexibility index (Phi) is 6.99. The van der Waals surface area contributed by atoms with Gasteiger partial charge in [-0.2, -0.15) is 0 Å². The highest BCUT2D eigenvalue weighted by atomic mass is 35.5. The molecule has 2 heteroatoms. The van der Waals surface area contributed by atoms with Crippen LogP contribution in [-0.4, -0.2) is 12.6 Å². The predicted molar refractivity (Wildman–Crippen MR) is 76.7 cm³/mol. The van der Waals surface area contributed by atoms with Crippen molar-refractivity contribution >= 4 is 11.6 Å². The summed E-state index contributed by atoms with van der Waals surface area (Å²) in [5, 5.41) is 4.40. The Hall–Kier alpha value is -0.790. The van der Waals surface area contributed by atoms with Crippen molar-refractivity contribution in [3.63, 3.8) is 0 Å². The zero-order chi connectivity index (χ0) is 12.5. The van der Waals surface area contributed by atoms with E-state index in [2.05, 4.69) is 24.9 Å². The topological polar surface area (TPSA) is 12.0 Å². The Morgan fingerprint density at radius 2 is 2.18 bits per heavy atom. The van der Waals surface area contributed by atoms with E-state index >= 15 is 0 Å². The fraction of sp³-hybridized carbons (Fsp3) is 0.467. The zero-order valence-corrected chi connectivity index (χ0v) is 11.3. The lowest BCUT2D eigenvalue weighted by Gasteiger charge is -2.18. The van der Waals surface area contributed by atoms with E-state index in [0.29, 0.717) is 6.04 Å². The second-order valence-corrected chi connectivity index (χ2v) is 4.68. The van der Waals surface area contributed by atoms with Gasteiger partial charge in [-0.15, -0.1) is 6.58 Å². The van der Waals surface area contributed by atoms with Crippen LogP contribution in [0.2, 0.25) is 5.02 Å². The van der Waals surface area contributed by atoms with Crippen molar-refractivity contribution in [1.29, 1.82) is 0 Å². The minimum absolute atomic E-state index is 0.514. The fourth-order valence-electron chi connectivity index (χ4n) is 2.00. The van der Waals surface area contributed by atoms with Crippen molar-refractivity contribution in [2.24, 2.45) is 0 Å². The first-order valence-corrected chi connectivity index (χ1v) is 6.73. The molecule has 1 rings (SSSR count). The van der Waals surface area contributed by atoms with Crippen molar-refractivity contribution in [2.75, 3.05) is 6.54 Å². The lowest BCUT2D eigenvalue weighted by Crippen LogP contribution is -2.31. The van der Waals surface area contributed by atoms with Crippen LogP contribution in [0.15, 0.2) is 36.9 Å². The summed E-state index contributed by atoms with van der Waals surface area (Å²) in [6.07, 6.45) is 6.43. The van der Waals surface area contributed by atoms with Gasteiger partial charge in [0, 0.05) is 11.1 Å². The molecule has 0 aliphatic carbocycles. The van der Waals surface area contributed by atoms with Gasteiger partial charge in [0.2, 0.25) is 0 Å². The maximum Gasteiger partial charge on any atom is 0.0438 e. The maximum atomic E-state index is 6.19. The average molecular weight is 252 g/mol. The standard InChI is InChI=1S/C15H22ClN/c1-3-5-6-10-14(17-4-2)12-13-9-7-8-11-15(13)16/h3,7-9,11,14,17H,1,4-6,10,12H2,2H3. The van der Waals surface area contributed by atoms with E-state index in [1.54, 1.807) is 0 Å². The summed E-state index contributed by atoms with van der Waals surface area (Å²) in [6, 6.07) is 8.61. The third-order valence-electron chi connectivity index (χ3n) is 2.88. The number of hydrogen-bond acceptors (Lipinski definition) is 1. The largest absolute Gasteiger partial charge is 0.314 e. The highest BCUT2D eigenvalue weighted by Gasteiger charge is 2.09. The third-order valence-corrected chi connectivity index (χ3v) is 3.25. The molecule has 0 saturated carbocycles. The Bertz CT molecular complexity index is 335. The molecule has 1 atom stereocenters. The number of likely N-dealkylation sites (N-methyl/N-ethyl adjacent to an activating group) is 1. The number of rotatable bonds is 8. The molecule has 1 N–H and O–H groups in total. The summed E-state index contributed by atoms with van der Waals surface area (Å²) in [7, 11) is 0. The van der Waals surface area contributed by atoms with E-state index in [1.165, 1.54) is 18.4 Å². The van der Waals surface area contributed by atoms with Gasteiger partial charge in [-0.3, -0.25) is 0 Å². The van der Waals surface area contributed by atoms with Gasteiger partial charge in [-0.1, -0.05) is 42.8 Å².